The maximum atomic E-state index is 9.00. The lowest BCUT2D eigenvalue weighted by Crippen LogP contribution is -2.23. The Kier molecular flexibility index (Phi) is 4.52. The molecule has 0 saturated heterocycles. The van der Waals surface area contributed by atoms with Gasteiger partial charge in [-0.2, -0.15) is 10.4 Å². The molecule has 3 rings (SSSR count). The summed E-state index contributed by atoms with van der Waals surface area (Å²) in [5.41, 5.74) is 5.37. The minimum absolute atomic E-state index is 0.338. The van der Waals surface area contributed by atoms with Gasteiger partial charge < -0.3 is 5.32 Å². The first-order valence-corrected chi connectivity index (χ1v) is 8.10. The summed E-state index contributed by atoms with van der Waals surface area (Å²) in [5.74, 6) is 0. The van der Waals surface area contributed by atoms with Crippen molar-refractivity contribution in [2.45, 2.75) is 33.1 Å². The van der Waals surface area contributed by atoms with E-state index in [1.54, 1.807) is 6.20 Å². The zero-order chi connectivity index (χ0) is 17.1. The summed E-state index contributed by atoms with van der Waals surface area (Å²) < 4.78 is 1.81. The minimum Gasteiger partial charge on any atom is -0.383 e. The predicted molar refractivity (Wildman–Crippen MR) is 97.8 cm³/mol. The maximum absolute atomic E-state index is 9.00. The maximum Gasteiger partial charge on any atom is 0.156 e. The third kappa shape index (κ3) is 3.11. The van der Waals surface area contributed by atoms with Crippen LogP contribution in [-0.4, -0.2) is 27.9 Å². The Hall–Kier alpha value is -2.81. The van der Waals surface area contributed by atoms with Gasteiger partial charge in [-0.1, -0.05) is 13.2 Å². The van der Waals surface area contributed by atoms with Gasteiger partial charge in [0, 0.05) is 17.9 Å². The van der Waals surface area contributed by atoms with Crippen LogP contribution >= 0.6 is 0 Å². The Balaban J connectivity index is 2.07. The summed E-state index contributed by atoms with van der Waals surface area (Å²) >= 11 is 0. The Bertz CT molecular complexity index is 907. The van der Waals surface area contributed by atoms with Crippen molar-refractivity contribution in [2.24, 2.45) is 0 Å². The zero-order valence-electron chi connectivity index (χ0n) is 14.1. The molecule has 1 N–H and O–H groups in total. The van der Waals surface area contributed by atoms with Crippen molar-refractivity contribution in [1.82, 2.24) is 14.6 Å². The van der Waals surface area contributed by atoms with Crippen LogP contribution in [0.15, 0.2) is 36.7 Å². The van der Waals surface area contributed by atoms with E-state index in [1.165, 1.54) is 0 Å². The average molecular weight is 316 g/mol. The lowest BCUT2D eigenvalue weighted by molar-refractivity contribution is 0.900. The Morgan fingerprint density at radius 3 is 2.83 bits per heavy atom. The first-order chi connectivity index (χ1) is 11.6. The molecule has 3 aromatic heterocycles. The summed E-state index contributed by atoms with van der Waals surface area (Å²) in [6.45, 7) is 6.35. The van der Waals surface area contributed by atoms with Gasteiger partial charge in [0.05, 0.1) is 28.7 Å². The van der Waals surface area contributed by atoms with E-state index in [0.29, 0.717) is 11.6 Å². The van der Waals surface area contributed by atoms with Crippen molar-refractivity contribution in [3.8, 4) is 17.5 Å². The van der Waals surface area contributed by atoms with Crippen LogP contribution in [-0.2, 0) is 0 Å². The smallest absolute Gasteiger partial charge is 0.156 e. The molecule has 6 heteroatoms. The van der Waals surface area contributed by atoms with E-state index in [-0.39, 0.29) is 0 Å². The molecular formula is C18H19BN5. The van der Waals surface area contributed by atoms with Crippen molar-refractivity contribution < 1.29 is 0 Å². The van der Waals surface area contributed by atoms with Crippen LogP contribution in [0, 0.1) is 11.3 Å². The molecule has 0 bridgehead atoms. The molecule has 0 atom stereocenters. The van der Waals surface area contributed by atoms with Gasteiger partial charge in [-0.15, -0.1) is 0 Å². The highest BCUT2D eigenvalue weighted by Crippen LogP contribution is 2.22. The first kappa shape index (κ1) is 16.1. The number of nitrogens with zero attached hydrogens (tertiary/aromatic N) is 4. The second kappa shape index (κ2) is 6.75. The summed E-state index contributed by atoms with van der Waals surface area (Å²) in [6.07, 6.45) is 4.43. The second-order valence-corrected chi connectivity index (χ2v) is 5.98. The van der Waals surface area contributed by atoms with Crippen molar-refractivity contribution in [1.29, 1.82) is 5.26 Å². The van der Waals surface area contributed by atoms with Gasteiger partial charge in [-0.3, -0.25) is 4.98 Å². The molecule has 0 unspecified atom stereocenters. The highest BCUT2D eigenvalue weighted by atomic mass is 15.2. The summed E-state index contributed by atoms with van der Waals surface area (Å²) in [7, 11) is 2.16. The lowest BCUT2D eigenvalue weighted by Gasteiger charge is -2.15. The molecule has 0 spiro atoms. The van der Waals surface area contributed by atoms with Crippen LogP contribution in [0.2, 0.25) is 6.32 Å². The fourth-order valence-corrected chi connectivity index (χ4v) is 2.68. The summed E-state index contributed by atoms with van der Waals surface area (Å²) in [4.78, 5) is 4.60. The number of nitrogens with one attached hydrogen (secondary N) is 1. The molecule has 3 heterocycles. The first-order valence-electron chi connectivity index (χ1n) is 8.10. The largest absolute Gasteiger partial charge is 0.383 e. The van der Waals surface area contributed by atoms with E-state index < -0.39 is 0 Å². The molecule has 0 saturated carbocycles. The number of anilines is 1. The Labute approximate surface area is 142 Å². The number of rotatable bonds is 5. The molecule has 0 aliphatic carbocycles. The van der Waals surface area contributed by atoms with Gasteiger partial charge in [0.2, 0.25) is 0 Å². The third-order valence-corrected chi connectivity index (χ3v) is 3.69. The molecule has 0 aromatic carbocycles. The second-order valence-electron chi connectivity index (χ2n) is 5.98. The molecule has 119 valence electrons. The van der Waals surface area contributed by atoms with Gasteiger partial charge in [0.25, 0.3) is 0 Å². The van der Waals surface area contributed by atoms with E-state index in [0.717, 1.165) is 34.4 Å². The monoisotopic (exact) mass is 316 g/mol. The quantitative estimate of drug-likeness (QED) is 0.735. The molecule has 0 amide bonds. The van der Waals surface area contributed by atoms with E-state index in [1.807, 2.05) is 28.9 Å². The van der Waals surface area contributed by atoms with Crippen molar-refractivity contribution >= 4 is 23.9 Å². The third-order valence-electron chi connectivity index (χ3n) is 3.69. The number of aromatic nitrogens is 3. The van der Waals surface area contributed by atoms with E-state index in [2.05, 4.69) is 55.6 Å². The number of hydrogen-bond acceptors (Lipinski definition) is 4. The van der Waals surface area contributed by atoms with Crippen molar-refractivity contribution in [3.05, 3.63) is 42.2 Å². The Morgan fingerprint density at radius 1 is 1.29 bits per heavy atom. The van der Waals surface area contributed by atoms with Gasteiger partial charge in [0.1, 0.15) is 6.07 Å². The fourth-order valence-electron chi connectivity index (χ4n) is 2.68. The zero-order valence-corrected chi connectivity index (χ0v) is 14.1. The molecule has 0 aliphatic rings. The average Bonchev–Trinajstić information content (AvgIpc) is 2.99. The molecule has 5 nitrogen and oxygen atoms in total. The highest BCUT2D eigenvalue weighted by Gasteiger charge is 2.12. The molecule has 0 aliphatic heterocycles. The van der Waals surface area contributed by atoms with E-state index in [9.17, 15) is 0 Å². The molecule has 1 radical (unpaired) electrons. The van der Waals surface area contributed by atoms with Gasteiger partial charge >= 0.3 is 0 Å². The molecular weight excluding hydrogens is 297 g/mol. The molecule has 24 heavy (non-hydrogen) atoms. The van der Waals surface area contributed by atoms with Gasteiger partial charge in [-0.25, -0.2) is 4.52 Å². The SMILES string of the molecule is CC[B]c1cnc(-c2ccc3cc(C#N)cnn23)cc1NC(C)C. The van der Waals surface area contributed by atoms with Crippen LogP contribution in [0.25, 0.3) is 16.9 Å². The molecule has 3 aromatic rings. The van der Waals surface area contributed by atoms with Gasteiger partial charge in [0.15, 0.2) is 7.28 Å². The number of fused-ring (bicyclic) bond motifs is 1. The minimum atomic E-state index is 0.338. The normalized spacial score (nSPS) is 10.8. The van der Waals surface area contributed by atoms with E-state index >= 15 is 0 Å². The van der Waals surface area contributed by atoms with Crippen molar-refractivity contribution in [3.63, 3.8) is 0 Å². The predicted octanol–water partition coefficient (Wildman–Crippen LogP) is 2.86. The van der Waals surface area contributed by atoms with Crippen LogP contribution in [0.1, 0.15) is 26.3 Å². The van der Waals surface area contributed by atoms with Crippen LogP contribution in [0.4, 0.5) is 5.69 Å². The topological polar surface area (TPSA) is 66.0 Å². The van der Waals surface area contributed by atoms with Crippen LogP contribution in [0.3, 0.4) is 0 Å². The number of pyridine rings is 1. The summed E-state index contributed by atoms with van der Waals surface area (Å²) in [6, 6.07) is 10.3. The summed E-state index contributed by atoms with van der Waals surface area (Å²) in [5, 5.41) is 16.8. The standard InChI is InChI=1S/C18H19BN5/c1-4-19-15-11-21-17(8-16(15)23-12(2)3)18-6-5-14-7-13(9-20)10-22-24(14)18/h5-8,10-12H,4H2,1-3H3,(H,21,23). The highest BCUT2D eigenvalue weighted by molar-refractivity contribution is 6.55. The number of nitriles is 1. The lowest BCUT2D eigenvalue weighted by atomic mass is 9.68. The number of hydrogen-bond donors (Lipinski definition) is 1. The fraction of sp³-hybridized carbons (Fsp3) is 0.278. The van der Waals surface area contributed by atoms with Crippen LogP contribution in [0.5, 0.6) is 0 Å². The van der Waals surface area contributed by atoms with E-state index in [4.69, 9.17) is 5.26 Å². The molecule has 0 fully saturated rings. The Morgan fingerprint density at radius 2 is 2.12 bits per heavy atom. The van der Waals surface area contributed by atoms with Gasteiger partial charge in [-0.05, 0) is 43.6 Å². The van der Waals surface area contributed by atoms with Crippen LogP contribution < -0.4 is 10.8 Å². The van der Waals surface area contributed by atoms with Crippen molar-refractivity contribution in [2.75, 3.05) is 5.32 Å².